The Hall–Kier alpha value is -3.22. The molecule has 0 aliphatic rings. The molecule has 0 saturated carbocycles. The highest BCUT2D eigenvalue weighted by Crippen LogP contribution is 2.36. The monoisotopic (exact) mass is 474 g/mol. The summed E-state index contributed by atoms with van der Waals surface area (Å²) in [5.74, 6) is 1.27. The van der Waals surface area contributed by atoms with E-state index in [-0.39, 0.29) is 22.7 Å². The van der Waals surface area contributed by atoms with E-state index in [0.717, 1.165) is 21.8 Å². The minimum Gasteiger partial charge on any atom is -0.493 e. The van der Waals surface area contributed by atoms with Crippen LogP contribution in [0.2, 0.25) is 0 Å². The van der Waals surface area contributed by atoms with Gasteiger partial charge in [-0.25, -0.2) is 0 Å². The number of nitrogens with zero attached hydrogens (tertiary/aromatic N) is 4. The van der Waals surface area contributed by atoms with Crippen molar-refractivity contribution in [3.05, 3.63) is 56.9 Å². The summed E-state index contributed by atoms with van der Waals surface area (Å²) in [5.41, 5.74) is 1.47. The van der Waals surface area contributed by atoms with E-state index in [2.05, 4.69) is 5.10 Å². The fourth-order valence-corrected chi connectivity index (χ4v) is 4.49. The third-order valence-corrected chi connectivity index (χ3v) is 6.18. The van der Waals surface area contributed by atoms with Gasteiger partial charge in [0.25, 0.3) is 5.69 Å². The largest absolute Gasteiger partial charge is 0.493 e. The third kappa shape index (κ3) is 5.15. The topological polar surface area (TPSA) is 130 Å². The molecule has 0 aliphatic heterocycles. The highest BCUT2D eigenvalue weighted by molar-refractivity contribution is 7.97. The van der Waals surface area contributed by atoms with Crippen molar-refractivity contribution in [3.63, 3.8) is 0 Å². The number of aromatic nitrogens is 2. The van der Waals surface area contributed by atoms with Crippen LogP contribution < -0.4 is 14.3 Å². The molecule has 3 aromatic rings. The van der Waals surface area contributed by atoms with Crippen LogP contribution in [0.1, 0.15) is 5.56 Å². The summed E-state index contributed by atoms with van der Waals surface area (Å²) in [7, 11) is 6.97. The van der Waals surface area contributed by atoms with Crippen LogP contribution in [0.5, 0.6) is 11.5 Å². The predicted molar refractivity (Wildman–Crippen MR) is 124 cm³/mol. The van der Waals surface area contributed by atoms with E-state index in [1.807, 2.05) is 30.5 Å². The molecule has 32 heavy (non-hydrogen) atoms. The van der Waals surface area contributed by atoms with Gasteiger partial charge in [0.2, 0.25) is 4.80 Å². The molecule has 2 N–H and O–H groups in total. The molecule has 0 unspecified atom stereocenters. The first-order chi connectivity index (χ1) is 15.2. The number of methoxy groups -OCH3 is 2. The van der Waals surface area contributed by atoms with Crippen LogP contribution >= 0.6 is 23.3 Å². The van der Waals surface area contributed by atoms with E-state index in [9.17, 15) is 10.1 Å². The molecule has 12 heteroatoms. The molecule has 168 valence electrons. The van der Waals surface area contributed by atoms with E-state index in [0.29, 0.717) is 22.1 Å². The van der Waals surface area contributed by atoms with E-state index < -0.39 is 4.92 Å². The van der Waals surface area contributed by atoms with Gasteiger partial charge in [-0.1, -0.05) is 11.3 Å². The summed E-state index contributed by atoms with van der Waals surface area (Å²) in [6.45, 7) is 0. The molecule has 3 rings (SSSR count). The molecule has 0 aliphatic carbocycles. The lowest BCUT2D eigenvalue weighted by atomic mass is 10.1. The second-order valence-electron chi connectivity index (χ2n) is 6.77. The van der Waals surface area contributed by atoms with Crippen LogP contribution in [0.25, 0.3) is 10.6 Å². The smallest absolute Gasteiger partial charge is 0.269 e. The predicted octanol–water partition coefficient (Wildman–Crippen LogP) is 3.65. The summed E-state index contributed by atoms with van der Waals surface area (Å²) in [4.78, 5) is 11.4. The van der Waals surface area contributed by atoms with E-state index >= 15 is 0 Å². The number of nitro benzene ring substituents is 1. The van der Waals surface area contributed by atoms with E-state index in [4.69, 9.17) is 20.3 Å². The van der Waals surface area contributed by atoms with E-state index in [1.165, 1.54) is 28.8 Å². The minimum absolute atomic E-state index is 0.0172. The number of rotatable bonds is 8. The minimum atomic E-state index is -0.468. The quantitative estimate of drug-likeness (QED) is 0.167. The molecule has 1 aromatic heterocycles. The Kier molecular flexibility index (Phi) is 7.28. The molecule has 0 amide bonds. The van der Waals surface area contributed by atoms with Gasteiger partial charge in [-0.05, 0) is 55.9 Å². The maximum absolute atomic E-state index is 10.9. The van der Waals surface area contributed by atoms with Crippen LogP contribution in [-0.2, 0) is 6.42 Å². The Bertz CT molecular complexity index is 1200. The van der Waals surface area contributed by atoms with Gasteiger partial charge in [0.1, 0.15) is 10.8 Å². The second-order valence-corrected chi connectivity index (χ2v) is 9.10. The molecule has 0 spiro atoms. The maximum atomic E-state index is 10.9. The standard InChI is InChI=1S/C20H22N6O4S2/c1-24(2)32-17-11-16(30-4)15(29-3)9-13(17)10-18(21)25-20(22)31-19(23-25)12-5-7-14(8-6-12)26(27)28/h5-9,11,21-22H,10H2,1-4H3. The summed E-state index contributed by atoms with van der Waals surface area (Å²) in [5, 5.41) is 32.6. The zero-order valence-electron chi connectivity index (χ0n) is 17.9. The summed E-state index contributed by atoms with van der Waals surface area (Å²) >= 11 is 2.59. The molecular formula is C20H22N6O4S2. The van der Waals surface area contributed by atoms with Crippen molar-refractivity contribution < 1.29 is 14.4 Å². The van der Waals surface area contributed by atoms with Gasteiger partial charge in [-0.15, -0.1) is 0 Å². The van der Waals surface area contributed by atoms with Gasteiger partial charge in [0.05, 0.1) is 19.1 Å². The lowest BCUT2D eigenvalue weighted by Gasteiger charge is -2.17. The molecule has 2 aromatic carbocycles. The normalized spacial score (nSPS) is 10.9. The van der Waals surface area contributed by atoms with Crippen LogP contribution in [0.3, 0.4) is 0 Å². The molecule has 0 saturated heterocycles. The first kappa shape index (κ1) is 23.4. The molecule has 0 atom stereocenters. The van der Waals surface area contributed by atoms with Crippen LogP contribution in [0, 0.1) is 20.9 Å². The molecule has 0 fully saturated rings. The average Bonchev–Trinajstić information content (AvgIpc) is 3.15. The summed E-state index contributed by atoms with van der Waals surface area (Å²) in [6.07, 6.45) is 0.219. The summed E-state index contributed by atoms with van der Waals surface area (Å²) in [6, 6.07) is 9.65. The van der Waals surface area contributed by atoms with Crippen molar-refractivity contribution in [1.82, 2.24) is 14.1 Å². The van der Waals surface area contributed by atoms with Gasteiger partial charge in [0.15, 0.2) is 11.5 Å². The number of nitrogens with one attached hydrogen (secondary N) is 2. The lowest BCUT2D eigenvalue weighted by Crippen LogP contribution is -2.25. The number of benzene rings is 2. The zero-order chi connectivity index (χ0) is 23.4. The third-order valence-electron chi connectivity index (χ3n) is 4.36. The first-order valence-electron chi connectivity index (χ1n) is 9.31. The molecule has 0 bridgehead atoms. The van der Waals surface area contributed by atoms with Crippen LogP contribution in [0.15, 0.2) is 41.3 Å². The molecular weight excluding hydrogens is 452 g/mol. The Morgan fingerprint density at radius 2 is 1.84 bits per heavy atom. The van der Waals surface area contributed by atoms with Crippen molar-refractivity contribution in [2.24, 2.45) is 0 Å². The molecule has 10 nitrogen and oxygen atoms in total. The van der Waals surface area contributed by atoms with Crippen molar-refractivity contribution in [3.8, 4) is 22.1 Å². The van der Waals surface area contributed by atoms with Crippen LogP contribution in [-0.4, -0.2) is 53.2 Å². The van der Waals surface area contributed by atoms with Gasteiger partial charge in [-0.3, -0.25) is 25.2 Å². The Morgan fingerprint density at radius 1 is 1.22 bits per heavy atom. The Balaban J connectivity index is 1.92. The number of hydrogen-bond acceptors (Lipinski definition) is 10. The Labute approximate surface area is 192 Å². The van der Waals surface area contributed by atoms with Crippen molar-refractivity contribution in [2.75, 3.05) is 28.3 Å². The fourth-order valence-electron chi connectivity index (χ4n) is 2.89. The number of hydrogen-bond donors (Lipinski definition) is 2. The van der Waals surface area contributed by atoms with Gasteiger partial charge < -0.3 is 9.47 Å². The maximum Gasteiger partial charge on any atom is 0.269 e. The number of ether oxygens (including phenoxy) is 2. The highest BCUT2D eigenvalue weighted by atomic mass is 32.2. The van der Waals surface area contributed by atoms with Crippen molar-refractivity contribution in [2.45, 2.75) is 11.3 Å². The SMILES string of the molecule is COc1cc(CC(=N)n2nc(-c3ccc([N+](=O)[O-])cc3)sc2=N)c(SN(C)C)cc1OC. The van der Waals surface area contributed by atoms with E-state index in [1.54, 1.807) is 26.4 Å². The average molecular weight is 475 g/mol. The highest BCUT2D eigenvalue weighted by Gasteiger charge is 2.17. The number of non-ortho nitro benzene ring substituents is 1. The van der Waals surface area contributed by atoms with Gasteiger partial charge in [-0.2, -0.15) is 9.78 Å². The van der Waals surface area contributed by atoms with Crippen molar-refractivity contribution >= 4 is 34.8 Å². The number of nitro groups is 1. The Morgan fingerprint density at radius 3 is 2.41 bits per heavy atom. The fraction of sp³-hybridized carbons (Fsp3) is 0.250. The van der Waals surface area contributed by atoms with Gasteiger partial charge >= 0.3 is 0 Å². The van der Waals surface area contributed by atoms with Gasteiger partial charge in [0, 0.05) is 29.0 Å². The zero-order valence-corrected chi connectivity index (χ0v) is 19.5. The molecule has 0 radical (unpaired) electrons. The first-order valence-corrected chi connectivity index (χ1v) is 10.9. The van der Waals surface area contributed by atoms with Crippen LogP contribution in [0.4, 0.5) is 5.69 Å². The summed E-state index contributed by atoms with van der Waals surface area (Å²) < 4.78 is 14.0. The second kappa shape index (κ2) is 9.94. The van der Waals surface area contributed by atoms with Crippen molar-refractivity contribution in [1.29, 1.82) is 10.8 Å². The molecule has 1 heterocycles. The lowest BCUT2D eigenvalue weighted by molar-refractivity contribution is -0.384.